The van der Waals surface area contributed by atoms with Gasteiger partial charge in [0, 0.05) is 18.2 Å². The van der Waals surface area contributed by atoms with Gasteiger partial charge in [0.1, 0.15) is 0 Å². The quantitative estimate of drug-likeness (QED) is 0.634. The van der Waals surface area contributed by atoms with Gasteiger partial charge in [0.2, 0.25) is 10.0 Å². The number of carboxylic acid groups (broad SMARTS) is 1. The van der Waals surface area contributed by atoms with Gasteiger partial charge < -0.3 is 10.4 Å². The highest BCUT2D eigenvalue weighted by Gasteiger charge is 2.27. The van der Waals surface area contributed by atoms with E-state index in [2.05, 4.69) is 16.6 Å². The van der Waals surface area contributed by atoms with Crippen molar-refractivity contribution in [2.45, 2.75) is 36.6 Å². The van der Waals surface area contributed by atoms with Crippen LogP contribution in [0.4, 0.5) is 0 Å². The maximum atomic E-state index is 12.3. The Hall–Kier alpha value is -2.19. The number of carbonyl (C=O) groups excluding carboxylic acids is 1. The molecular formula is C17H22N2O5S. The van der Waals surface area contributed by atoms with Crippen LogP contribution < -0.4 is 10.0 Å². The average Bonchev–Trinajstić information content (AvgIpc) is 2.60. The van der Waals surface area contributed by atoms with Gasteiger partial charge >= 0.3 is 5.97 Å². The van der Waals surface area contributed by atoms with E-state index in [-0.39, 0.29) is 29.3 Å². The third-order valence-electron chi connectivity index (χ3n) is 4.26. The number of nitrogens with one attached hydrogen (secondary N) is 2. The van der Waals surface area contributed by atoms with Crippen LogP contribution in [-0.2, 0) is 14.8 Å². The second-order valence-corrected chi connectivity index (χ2v) is 7.79. The Kier molecular flexibility index (Phi) is 6.33. The molecule has 1 aliphatic rings. The first-order valence-electron chi connectivity index (χ1n) is 8.08. The van der Waals surface area contributed by atoms with E-state index in [1.165, 1.54) is 30.3 Å². The first-order valence-corrected chi connectivity index (χ1v) is 9.56. The van der Waals surface area contributed by atoms with E-state index in [0.29, 0.717) is 31.2 Å². The lowest BCUT2D eigenvalue weighted by molar-refractivity contribution is -0.142. The van der Waals surface area contributed by atoms with Crippen molar-refractivity contribution >= 4 is 21.9 Å². The fourth-order valence-electron chi connectivity index (χ4n) is 2.79. The van der Waals surface area contributed by atoms with E-state index < -0.39 is 16.0 Å². The van der Waals surface area contributed by atoms with Gasteiger partial charge in [0.05, 0.1) is 10.8 Å². The van der Waals surface area contributed by atoms with E-state index in [9.17, 15) is 18.0 Å². The summed E-state index contributed by atoms with van der Waals surface area (Å²) in [6.07, 6.45) is 3.79. The van der Waals surface area contributed by atoms with Crippen molar-refractivity contribution in [3.63, 3.8) is 0 Å². The minimum Gasteiger partial charge on any atom is -0.481 e. The Bertz CT molecular complexity index is 735. The SMILES string of the molecule is C=CCNS(=O)(=O)c1ccc(C(=O)NC2CCC(C(=O)O)CC2)cc1. The number of carboxylic acids is 1. The van der Waals surface area contributed by atoms with Crippen LogP contribution in [0.15, 0.2) is 41.8 Å². The molecule has 0 bridgehead atoms. The lowest BCUT2D eigenvalue weighted by atomic mass is 9.86. The van der Waals surface area contributed by atoms with E-state index in [1.54, 1.807) is 0 Å². The van der Waals surface area contributed by atoms with Gasteiger partial charge in [-0.3, -0.25) is 9.59 Å². The molecular weight excluding hydrogens is 344 g/mol. The number of hydrogen-bond donors (Lipinski definition) is 3. The van der Waals surface area contributed by atoms with E-state index in [1.807, 2.05) is 0 Å². The molecule has 1 fully saturated rings. The predicted molar refractivity (Wildman–Crippen MR) is 92.7 cm³/mol. The summed E-state index contributed by atoms with van der Waals surface area (Å²) in [6, 6.07) is 5.62. The van der Waals surface area contributed by atoms with Gasteiger partial charge in [0.25, 0.3) is 5.91 Å². The van der Waals surface area contributed by atoms with Crippen molar-refractivity contribution in [2.75, 3.05) is 6.54 Å². The van der Waals surface area contributed by atoms with Crippen LogP contribution in [0.25, 0.3) is 0 Å². The Morgan fingerprint density at radius 2 is 1.76 bits per heavy atom. The summed E-state index contributed by atoms with van der Waals surface area (Å²) >= 11 is 0. The summed E-state index contributed by atoms with van der Waals surface area (Å²) in [5.74, 6) is -1.41. The van der Waals surface area contributed by atoms with Gasteiger partial charge in [-0.05, 0) is 49.9 Å². The molecule has 2 rings (SSSR count). The predicted octanol–water partition coefficient (Wildman–Crippen LogP) is 1.52. The number of hydrogen-bond acceptors (Lipinski definition) is 4. The topological polar surface area (TPSA) is 113 Å². The van der Waals surface area contributed by atoms with Crippen LogP contribution in [0.1, 0.15) is 36.0 Å². The van der Waals surface area contributed by atoms with Crippen molar-refractivity contribution < 1.29 is 23.1 Å². The molecule has 0 heterocycles. The maximum Gasteiger partial charge on any atom is 0.306 e. The highest BCUT2D eigenvalue weighted by Crippen LogP contribution is 2.24. The monoisotopic (exact) mass is 366 g/mol. The van der Waals surface area contributed by atoms with Crippen LogP contribution in [0.3, 0.4) is 0 Å². The Morgan fingerprint density at radius 1 is 1.16 bits per heavy atom. The zero-order valence-corrected chi connectivity index (χ0v) is 14.6. The van der Waals surface area contributed by atoms with E-state index in [0.717, 1.165) is 0 Å². The molecule has 1 aromatic rings. The van der Waals surface area contributed by atoms with Crippen molar-refractivity contribution in [2.24, 2.45) is 5.92 Å². The summed E-state index contributed by atoms with van der Waals surface area (Å²) < 4.78 is 26.3. The zero-order chi connectivity index (χ0) is 18.4. The second kappa shape index (κ2) is 8.26. The Labute approximate surface area is 147 Å². The molecule has 0 unspecified atom stereocenters. The minimum atomic E-state index is -3.61. The summed E-state index contributed by atoms with van der Waals surface area (Å²) in [4.78, 5) is 23.3. The van der Waals surface area contributed by atoms with Crippen molar-refractivity contribution in [3.05, 3.63) is 42.5 Å². The summed E-state index contributed by atoms with van der Waals surface area (Å²) in [5, 5.41) is 11.9. The average molecular weight is 366 g/mol. The van der Waals surface area contributed by atoms with Crippen LogP contribution in [0, 0.1) is 5.92 Å². The number of sulfonamides is 1. The van der Waals surface area contributed by atoms with Gasteiger partial charge in [-0.15, -0.1) is 6.58 Å². The number of carbonyl (C=O) groups is 2. The van der Waals surface area contributed by atoms with Crippen LogP contribution in [0.2, 0.25) is 0 Å². The molecule has 7 nitrogen and oxygen atoms in total. The second-order valence-electron chi connectivity index (χ2n) is 6.03. The molecule has 0 aromatic heterocycles. The van der Waals surface area contributed by atoms with Crippen LogP contribution in [-0.4, -0.2) is 38.0 Å². The van der Waals surface area contributed by atoms with Crippen molar-refractivity contribution in [3.8, 4) is 0 Å². The molecule has 1 aromatic carbocycles. The Balaban J connectivity index is 1.95. The maximum absolute atomic E-state index is 12.3. The number of aliphatic carboxylic acids is 1. The minimum absolute atomic E-state index is 0.0548. The zero-order valence-electron chi connectivity index (χ0n) is 13.8. The number of amides is 1. The largest absolute Gasteiger partial charge is 0.481 e. The van der Waals surface area contributed by atoms with E-state index in [4.69, 9.17) is 5.11 Å². The third-order valence-corrected chi connectivity index (χ3v) is 5.70. The summed E-state index contributed by atoms with van der Waals surface area (Å²) in [7, 11) is -3.61. The molecule has 0 saturated heterocycles. The third kappa shape index (κ3) is 5.14. The molecule has 136 valence electrons. The van der Waals surface area contributed by atoms with Crippen molar-refractivity contribution in [1.82, 2.24) is 10.0 Å². The fourth-order valence-corrected chi connectivity index (χ4v) is 3.79. The van der Waals surface area contributed by atoms with Gasteiger partial charge in [0.15, 0.2) is 0 Å². The van der Waals surface area contributed by atoms with Gasteiger partial charge in [-0.1, -0.05) is 6.08 Å². The lowest BCUT2D eigenvalue weighted by Crippen LogP contribution is -2.38. The Morgan fingerprint density at radius 3 is 2.28 bits per heavy atom. The molecule has 0 atom stereocenters. The fraction of sp³-hybridized carbons (Fsp3) is 0.412. The number of rotatable bonds is 7. The molecule has 1 saturated carbocycles. The van der Waals surface area contributed by atoms with Crippen molar-refractivity contribution in [1.29, 1.82) is 0 Å². The van der Waals surface area contributed by atoms with Crippen LogP contribution in [0.5, 0.6) is 0 Å². The highest BCUT2D eigenvalue weighted by molar-refractivity contribution is 7.89. The lowest BCUT2D eigenvalue weighted by Gasteiger charge is -2.26. The van der Waals surface area contributed by atoms with Gasteiger partial charge in [-0.25, -0.2) is 13.1 Å². The molecule has 8 heteroatoms. The molecule has 1 aliphatic carbocycles. The molecule has 3 N–H and O–H groups in total. The molecule has 0 aliphatic heterocycles. The first-order chi connectivity index (χ1) is 11.8. The normalized spacial score (nSPS) is 20.6. The first kappa shape index (κ1) is 19.1. The molecule has 0 spiro atoms. The molecule has 25 heavy (non-hydrogen) atoms. The van der Waals surface area contributed by atoms with Crippen LogP contribution >= 0.6 is 0 Å². The molecule has 1 amide bonds. The number of benzene rings is 1. The smallest absolute Gasteiger partial charge is 0.306 e. The van der Waals surface area contributed by atoms with Gasteiger partial charge in [-0.2, -0.15) is 0 Å². The summed E-state index contributed by atoms with van der Waals surface area (Å²) in [5.41, 5.74) is 0.364. The highest BCUT2D eigenvalue weighted by atomic mass is 32.2. The standard InChI is InChI=1S/C17H22N2O5S/c1-2-11-18-25(23,24)15-9-5-12(6-10-15)16(20)19-14-7-3-13(4-8-14)17(21)22/h2,5-6,9-10,13-14,18H,1,3-4,7-8,11H2,(H,19,20)(H,21,22). The molecule has 0 radical (unpaired) electrons. The van der Waals surface area contributed by atoms with E-state index >= 15 is 0 Å². The summed E-state index contributed by atoms with van der Waals surface area (Å²) in [6.45, 7) is 3.58.